The molecule has 6 heteroatoms. The fraction of sp³-hybridized carbons (Fsp3) is 0. The van der Waals surface area contributed by atoms with E-state index in [1.165, 1.54) is 12.1 Å². The Balaban J connectivity index is -0.0000000750. The molecule has 84 valence electrons. The summed E-state index contributed by atoms with van der Waals surface area (Å²) in [5, 5.41) is 17.3. The van der Waals surface area contributed by atoms with E-state index in [2.05, 4.69) is 24.8 Å². The van der Waals surface area contributed by atoms with Gasteiger partial charge in [-0.3, -0.25) is 11.7 Å². The predicted octanol–water partition coefficient (Wildman–Crippen LogP) is 1.04. The van der Waals surface area contributed by atoms with Crippen LogP contribution in [-0.4, -0.2) is 10.2 Å². The molecule has 6 nitrogen and oxygen atoms in total. The maximum atomic E-state index is 8.67. The quantitative estimate of drug-likeness (QED) is 0.160. The maximum absolute atomic E-state index is 8.67. The highest BCUT2D eigenvalue weighted by Gasteiger charge is 1.90. The van der Waals surface area contributed by atoms with Gasteiger partial charge in [-0.15, -0.1) is 13.2 Å². The van der Waals surface area contributed by atoms with Crippen LogP contribution in [0, 0.1) is 0 Å². The first-order valence-electron chi connectivity index (χ1n) is 3.11. The zero-order valence-electron chi connectivity index (χ0n) is 8.19. The monoisotopic (exact) mass is 204 g/mol. The molecule has 1 aromatic rings. The lowest BCUT2D eigenvalue weighted by atomic mass is 10.3. The minimum atomic E-state index is -0.0764. The van der Waals surface area contributed by atoms with Crippen molar-refractivity contribution in [1.82, 2.24) is 12.3 Å². The van der Waals surface area contributed by atoms with E-state index in [4.69, 9.17) is 10.2 Å². The van der Waals surface area contributed by atoms with Gasteiger partial charge in [0.05, 0.1) is 0 Å². The van der Waals surface area contributed by atoms with Crippen molar-refractivity contribution in [2.75, 3.05) is 0 Å². The van der Waals surface area contributed by atoms with Crippen molar-refractivity contribution in [2.45, 2.75) is 0 Å². The van der Waals surface area contributed by atoms with Gasteiger partial charge in [-0.1, -0.05) is 12.1 Å². The lowest BCUT2D eigenvalue weighted by molar-refractivity contribution is 0.404. The third-order valence-electron chi connectivity index (χ3n) is 0.882. The molecule has 0 aliphatic heterocycles. The van der Waals surface area contributed by atoms with E-state index < -0.39 is 0 Å². The molecule has 0 aliphatic carbocycles. The van der Waals surface area contributed by atoms with Crippen LogP contribution in [0.25, 0.3) is 0 Å². The number of hydrogen-bond donors (Lipinski definition) is 6. The number of phenols is 2. The molecule has 0 saturated carbocycles. The minimum Gasteiger partial charge on any atom is -0.504 e. The summed E-state index contributed by atoms with van der Waals surface area (Å²) >= 11 is 0. The van der Waals surface area contributed by atoms with Crippen molar-refractivity contribution < 1.29 is 10.2 Å². The van der Waals surface area contributed by atoms with Crippen LogP contribution in [0.5, 0.6) is 11.5 Å². The largest absolute Gasteiger partial charge is 0.504 e. The van der Waals surface area contributed by atoms with E-state index >= 15 is 0 Å². The Labute approximate surface area is 84.0 Å². The van der Waals surface area contributed by atoms with Crippen molar-refractivity contribution in [1.29, 1.82) is 0 Å². The molecule has 0 saturated heterocycles. The van der Waals surface area contributed by atoms with Gasteiger partial charge in [-0.05, 0) is 12.1 Å². The van der Waals surface area contributed by atoms with Crippen molar-refractivity contribution >= 4 is 0 Å². The van der Waals surface area contributed by atoms with Crippen LogP contribution in [0.4, 0.5) is 0 Å². The predicted molar refractivity (Wildman–Crippen MR) is 59.4 cm³/mol. The summed E-state index contributed by atoms with van der Waals surface area (Å²) in [5.41, 5.74) is 0. The Hall–Kier alpha value is -1.60. The van der Waals surface area contributed by atoms with Crippen LogP contribution < -0.4 is 24.0 Å². The molecule has 0 aliphatic rings. The van der Waals surface area contributed by atoms with Gasteiger partial charge in [0.2, 0.25) is 0 Å². The Morgan fingerprint density at radius 2 is 1.07 bits per heavy atom. The van der Waals surface area contributed by atoms with Gasteiger partial charge in [0.1, 0.15) is 0 Å². The Morgan fingerprint density at radius 1 is 0.857 bits per heavy atom. The molecule has 0 atom stereocenters. The van der Waals surface area contributed by atoms with E-state index in [0.717, 1.165) is 0 Å². The topological polar surface area (TPSA) is 162 Å². The van der Waals surface area contributed by atoms with Gasteiger partial charge >= 0.3 is 0 Å². The molecule has 12 N–H and O–H groups in total. The molecule has 0 spiro atoms. The molecular formula is C8H20N4O2. The maximum Gasteiger partial charge on any atom is 0.157 e. The van der Waals surface area contributed by atoms with E-state index in [1.54, 1.807) is 12.1 Å². The highest BCUT2D eigenvalue weighted by molar-refractivity contribution is 5.36. The number of aromatic hydroxyl groups is 2. The normalized spacial score (nSPS) is 5.86. The molecular weight excluding hydrogens is 184 g/mol. The number of phenolic OH excluding ortho intramolecular Hbond substituents is 2. The first-order chi connectivity index (χ1) is 5.80. The molecule has 0 radical (unpaired) electrons. The van der Waals surface area contributed by atoms with Crippen LogP contribution in [0.15, 0.2) is 37.4 Å². The lowest BCUT2D eigenvalue weighted by Crippen LogP contribution is -2.02. The molecule has 0 bridgehead atoms. The van der Waals surface area contributed by atoms with Crippen molar-refractivity contribution in [3.05, 3.63) is 37.4 Å². The third kappa shape index (κ3) is 10.4. The summed E-state index contributed by atoms with van der Waals surface area (Å²) in [6.45, 7) is 6.00. The van der Waals surface area contributed by atoms with Crippen molar-refractivity contribution in [3.63, 3.8) is 0 Å². The third-order valence-corrected chi connectivity index (χ3v) is 0.882. The van der Waals surface area contributed by atoms with Gasteiger partial charge in [-0.2, -0.15) is 0 Å². The average molecular weight is 204 g/mol. The lowest BCUT2D eigenvalue weighted by Gasteiger charge is -1.91. The zero-order valence-corrected chi connectivity index (χ0v) is 8.19. The van der Waals surface area contributed by atoms with Crippen molar-refractivity contribution in [3.8, 4) is 11.5 Å². The first-order valence-corrected chi connectivity index (χ1v) is 3.11. The van der Waals surface area contributed by atoms with Crippen LogP contribution in [0.1, 0.15) is 0 Å². The summed E-state index contributed by atoms with van der Waals surface area (Å²) in [5.74, 6) is 7.85. The Kier molecular flexibility index (Phi) is 28.5. The molecule has 0 unspecified atom stereocenters. The SMILES string of the molecule is C=C.N.N.NN.Oc1ccccc1O. The van der Waals surface area contributed by atoms with E-state index in [0.29, 0.717) is 0 Å². The van der Waals surface area contributed by atoms with E-state index in [1.807, 2.05) is 0 Å². The van der Waals surface area contributed by atoms with Crippen molar-refractivity contribution in [2.24, 2.45) is 11.7 Å². The highest BCUT2D eigenvalue weighted by atomic mass is 16.3. The number of hydrazine groups is 1. The Morgan fingerprint density at radius 3 is 1.21 bits per heavy atom. The van der Waals surface area contributed by atoms with Gasteiger partial charge in [0.25, 0.3) is 0 Å². The van der Waals surface area contributed by atoms with Gasteiger partial charge in [0.15, 0.2) is 11.5 Å². The van der Waals surface area contributed by atoms with Gasteiger partial charge in [0, 0.05) is 0 Å². The molecule has 1 aromatic carbocycles. The van der Waals surface area contributed by atoms with E-state index in [9.17, 15) is 0 Å². The summed E-state index contributed by atoms with van der Waals surface area (Å²) in [6.07, 6.45) is 0. The van der Waals surface area contributed by atoms with E-state index in [-0.39, 0.29) is 23.8 Å². The number of para-hydroxylation sites is 2. The number of benzene rings is 1. The van der Waals surface area contributed by atoms with Crippen LogP contribution in [-0.2, 0) is 0 Å². The molecule has 14 heavy (non-hydrogen) atoms. The standard InChI is InChI=1S/C6H6O2.C2H4.H4N2.2H3N/c7-5-3-1-2-4-6(5)8;2*1-2;;/h1-4,7-8H;2*1-2H2;2*1H3. The number of rotatable bonds is 0. The zero-order chi connectivity index (χ0) is 9.98. The van der Waals surface area contributed by atoms with Gasteiger partial charge in [-0.25, -0.2) is 0 Å². The summed E-state index contributed by atoms with van der Waals surface area (Å²) < 4.78 is 0. The number of hydrogen-bond acceptors (Lipinski definition) is 6. The second-order valence-corrected chi connectivity index (χ2v) is 1.49. The van der Waals surface area contributed by atoms with Crippen LogP contribution in [0.3, 0.4) is 0 Å². The van der Waals surface area contributed by atoms with Gasteiger partial charge < -0.3 is 22.5 Å². The second-order valence-electron chi connectivity index (χ2n) is 1.49. The molecule has 0 aromatic heterocycles. The molecule has 0 fully saturated rings. The minimum absolute atomic E-state index is 0. The number of nitrogens with two attached hydrogens (primary N) is 2. The highest BCUT2D eigenvalue weighted by Crippen LogP contribution is 2.21. The fourth-order valence-corrected chi connectivity index (χ4v) is 0.464. The van der Waals surface area contributed by atoms with Crippen LogP contribution in [0.2, 0.25) is 0 Å². The smallest absolute Gasteiger partial charge is 0.157 e. The second kappa shape index (κ2) is 17.5. The first kappa shape index (κ1) is 22.8. The van der Waals surface area contributed by atoms with Crippen LogP contribution >= 0.6 is 0 Å². The molecule has 0 heterocycles. The average Bonchev–Trinajstić information content (AvgIpc) is 2.17. The molecule has 1 rings (SSSR count). The Bertz CT molecular complexity index is 187. The summed E-state index contributed by atoms with van der Waals surface area (Å²) in [7, 11) is 0. The fourth-order valence-electron chi connectivity index (χ4n) is 0.464. The molecule has 0 amide bonds. The summed E-state index contributed by atoms with van der Waals surface area (Å²) in [4.78, 5) is 0. The summed E-state index contributed by atoms with van der Waals surface area (Å²) in [6, 6.07) is 6.15.